The average Bonchev–Trinajstić information content (AvgIpc) is 2.86. The molecule has 8 heteroatoms. The van der Waals surface area contributed by atoms with Gasteiger partial charge in [-0.05, 0) is 51.9 Å². The molecule has 4 rings (SSSR count). The third-order valence-corrected chi connectivity index (χ3v) is 9.80. The summed E-state index contributed by atoms with van der Waals surface area (Å²) >= 11 is 0. The van der Waals surface area contributed by atoms with E-state index < -0.39 is 69.7 Å². The van der Waals surface area contributed by atoms with Gasteiger partial charge >= 0.3 is 11.9 Å². The second kappa shape index (κ2) is 6.90. The zero-order chi connectivity index (χ0) is 24.1. The molecule has 32 heavy (non-hydrogen) atoms. The van der Waals surface area contributed by atoms with Gasteiger partial charge in [-0.3, -0.25) is 9.59 Å². The molecule has 8 nitrogen and oxygen atoms in total. The van der Waals surface area contributed by atoms with Crippen LogP contribution in [0.1, 0.15) is 73.6 Å². The van der Waals surface area contributed by atoms with Gasteiger partial charge in [-0.2, -0.15) is 0 Å². The number of fused-ring (bicyclic) bond motifs is 2. The number of esters is 2. The number of hydrogen-bond acceptors (Lipinski definition) is 8. The van der Waals surface area contributed by atoms with Gasteiger partial charge in [-0.15, -0.1) is 0 Å². The summed E-state index contributed by atoms with van der Waals surface area (Å²) in [4.78, 5) is 24.3. The van der Waals surface area contributed by atoms with E-state index in [2.05, 4.69) is 0 Å². The molecule has 4 aliphatic rings. The Hall–Kier alpha value is -1.22. The van der Waals surface area contributed by atoms with Crippen LogP contribution < -0.4 is 0 Å². The van der Waals surface area contributed by atoms with Crippen molar-refractivity contribution in [3.05, 3.63) is 0 Å². The lowest BCUT2D eigenvalue weighted by molar-refractivity contribution is -0.213. The number of hydrogen-bond donors (Lipinski definition) is 4. The third-order valence-electron chi connectivity index (χ3n) is 9.80. The number of rotatable bonds is 2. The van der Waals surface area contributed by atoms with Crippen LogP contribution in [0.3, 0.4) is 0 Å². The van der Waals surface area contributed by atoms with Crippen molar-refractivity contribution in [3.8, 4) is 0 Å². The Kier molecular flexibility index (Phi) is 5.16. The maximum atomic E-state index is 12.2. The minimum absolute atomic E-state index is 0.126. The molecule has 182 valence electrons. The van der Waals surface area contributed by atoms with E-state index in [0.29, 0.717) is 12.8 Å². The smallest absolute Gasteiger partial charge is 0.303 e. The lowest BCUT2D eigenvalue weighted by Gasteiger charge is -2.51. The molecule has 4 N–H and O–H groups in total. The highest BCUT2D eigenvalue weighted by molar-refractivity contribution is 5.67. The molecule has 1 spiro atoms. The summed E-state index contributed by atoms with van der Waals surface area (Å²) in [7, 11) is 0. The first kappa shape index (κ1) is 23.9. The first-order valence-corrected chi connectivity index (χ1v) is 11.7. The Balaban J connectivity index is 1.95. The largest absolute Gasteiger partial charge is 0.462 e. The molecular formula is C24H38O8. The zero-order valence-corrected chi connectivity index (χ0v) is 19.9. The first-order valence-electron chi connectivity index (χ1n) is 11.7. The standard InChI is InChI=1S/C24H38O8/c1-12(25)31-18-10-23-11-21(5,28)14(19(23)32-13(2)26)7-8-15(23)22(6,29)16-9-17(27)20(3,4)24(16,18)30/h14-19,27-30H,7-11H2,1-6H3/t14-,15+,16+,17+,18+,19?,21-,22?,23+,24+/m1/s1. The molecule has 0 aromatic carbocycles. The molecule has 0 saturated heterocycles. The monoisotopic (exact) mass is 454 g/mol. The van der Waals surface area contributed by atoms with Crippen LogP contribution >= 0.6 is 0 Å². The fourth-order valence-corrected chi connectivity index (χ4v) is 8.44. The summed E-state index contributed by atoms with van der Waals surface area (Å²) in [6.07, 6.45) is -0.950. The lowest BCUT2D eigenvalue weighted by Crippen LogP contribution is -2.61. The molecule has 2 bridgehead atoms. The number of ether oxygens (including phenoxy) is 2. The van der Waals surface area contributed by atoms with E-state index in [1.807, 2.05) is 0 Å². The normalized spacial score (nSPS) is 53.7. The van der Waals surface area contributed by atoms with E-state index in [4.69, 9.17) is 9.47 Å². The number of carbonyl (C=O) groups excluding carboxylic acids is 2. The molecule has 0 heterocycles. The van der Waals surface area contributed by atoms with Crippen molar-refractivity contribution in [1.82, 2.24) is 0 Å². The molecule has 2 unspecified atom stereocenters. The quantitative estimate of drug-likeness (QED) is 0.459. The highest BCUT2D eigenvalue weighted by Gasteiger charge is 2.77. The molecule has 4 saturated carbocycles. The molecule has 10 atom stereocenters. The molecule has 0 aromatic rings. The van der Waals surface area contributed by atoms with Crippen molar-refractivity contribution in [2.24, 2.45) is 28.6 Å². The number of aliphatic hydroxyl groups is 4. The first-order chi connectivity index (χ1) is 14.5. The molecule has 0 amide bonds. The fourth-order valence-electron chi connectivity index (χ4n) is 8.44. The van der Waals surface area contributed by atoms with Crippen LogP contribution in [0.25, 0.3) is 0 Å². The van der Waals surface area contributed by atoms with Gasteiger partial charge in [0.2, 0.25) is 0 Å². The van der Waals surface area contributed by atoms with Crippen LogP contribution in [0.4, 0.5) is 0 Å². The second-order valence-electron chi connectivity index (χ2n) is 11.9. The molecule has 4 aliphatic carbocycles. The number of aliphatic hydroxyl groups excluding tert-OH is 1. The van der Waals surface area contributed by atoms with Crippen molar-refractivity contribution in [2.45, 2.75) is 109 Å². The van der Waals surface area contributed by atoms with Crippen LogP contribution in [0, 0.1) is 28.6 Å². The van der Waals surface area contributed by atoms with Crippen LogP contribution in [0.5, 0.6) is 0 Å². The van der Waals surface area contributed by atoms with E-state index in [-0.39, 0.29) is 25.2 Å². The van der Waals surface area contributed by atoms with Gasteiger partial charge < -0.3 is 29.9 Å². The lowest BCUT2D eigenvalue weighted by atomic mass is 9.57. The summed E-state index contributed by atoms with van der Waals surface area (Å²) in [5.74, 6) is -2.56. The third kappa shape index (κ3) is 2.88. The van der Waals surface area contributed by atoms with E-state index in [9.17, 15) is 30.0 Å². The van der Waals surface area contributed by atoms with Gasteiger partial charge in [0, 0.05) is 36.5 Å². The summed E-state index contributed by atoms with van der Waals surface area (Å²) in [6.45, 7) is 9.47. The Bertz CT molecular complexity index is 819. The average molecular weight is 455 g/mol. The zero-order valence-electron chi connectivity index (χ0n) is 19.9. The van der Waals surface area contributed by atoms with Crippen LogP contribution in [0.2, 0.25) is 0 Å². The van der Waals surface area contributed by atoms with Crippen molar-refractivity contribution in [2.75, 3.05) is 0 Å². The second-order valence-corrected chi connectivity index (χ2v) is 11.9. The van der Waals surface area contributed by atoms with Gasteiger partial charge in [0.15, 0.2) is 0 Å². The Morgan fingerprint density at radius 3 is 2.06 bits per heavy atom. The Morgan fingerprint density at radius 1 is 0.906 bits per heavy atom. The molecule has 0 aromatic heterocycles. The van der Waals surface area contributed by atoms with Crippen LogP contribution in [-0.4, -0.2) is 67.5 Å². The fraction of sp³-hybridized carbons (Fsp3) is 0.917. The Morgan fingerprint density at radius 2 is 1.50 bits per heavy atom. The highest BCUT2D eigenvalue weighted by Crippen LogP contribution is 2.70. The summed E-state index contributed by atoms with van der Waals surface area (Å²) in [6, 6.07) is 0. The van der Waals surface area contributed by atoms with Crippen molar-refractivity contribution < 1.29 is 39.5 Å². The maximum Gasteiger partial charge on any atom is 0.303 e. The topological polar surface area (TPSA) is 134 Å². The van der Waals surface area contributed by atoms with Gasteiger partial charge in [0.1, 0.15) is 17.8 Å². The van der Waals surface area contributed by atoms with Crippen molar-refractivity contribution in [1.29, 1.82) is 0 Å². The molecular weight excluding hydrogens is 416 g/mol. The Labute approximate surface area is 189 Å². The van der Waals surface area contributed by atoms with Crippen LogP contribution in [-0.2, 0) is 19.1 Å². The molecule has 4 fully saturated rings. The predicted molar refractivity (Wildman–Crippen MR) is 113 cm³/mol. The summed E-state index contributed by atoms with van der Waals surface area (Å²) in [5, 5.41) is 46.6. The van der Waals surface area contributed by atoms with Crippen molar-refractivity contribution in [3.63, 3.8) is 0 Å². The highest BCUT2D eigenvalue weighted by atomic mass is 16.6. The van der Waals surface area contributed by atoms with Gasteiger partial charge in [-0.25, -0.2) is 0 Å². The summed E-state index contributed by atoms with van der Waals surface area (Å²) in [5.41, 5.74) is -6.25. The maximum absolute atomic E-state index is 12.2. The van der Waals surface area contributed by atoms with E-state index in [1.54, 1.807) is 27.7 Å². The van der Waals surface area contributed by atoms with Gasteiger partial charge in [0.25, 0.3) is 0 Å². The van der Waals surface area contributed by atoms with E-state index >= 15 is 0 Å². The SMILES string of the molecule is CC(=O)OC1[C@H]2CC[C@H]3C(C)(O)[C@@H]4C[C@H](O)C(C)(C)[C@@]4(O)[C@@H](OC(C)=O)C[C@@]13C[C@@]2(C)O. The minimum Gasteiger partial charge on any atom is -0.462 e. The van der Waals surface area contributed by atoms with Crippen molar-refractivity contribution >= 4 is 11.9 Å². The van der Waals surface area contributed by atoms with E-state index in [1.165, 1.54) is 13.8 Å². The minimum atomic E-state index is -1.71. The molecule has 0 aliphatic heterocycles. The molecule has 0 radical (unpaired) electrons. The van der Waals surface area contributed by atoms with E-state index in [0.717, 1.165) is 0 Å². The summed E-state index contributed by atoms with van der Waals surface area (Å²) < 4.78 is 11.6. The predicted octanol–water partition coefficient (Wildman–Crippen LogP) is 1.31. The van der Waals surface area contributed by atoms with Crippen LogP contribution in [0.15, 0.2) is 0 Å². The number of carbonyl (C=O) groups is 2. The van der Waals surface area contributed by atoms with Gasteiger partial charge in [0.05, 0.1) is 17.3 Å². The van der Waals surface area contributed by atoms with Gasteiger partial charge in [-0.1, -0.05) is 13.8 Å².